The molecule has 0 amide bonds. The molecule has 3 rings (SSSR count). The van der Waals surface area contributed by atoms with Crippen LogP contribution in [0.5, 0.6) is 0 Å². The lowest BCUT2D eigenvalue weighted by atomic mass is 10.1. The number of aromatic amines is 1. The Bertz CT molecular complexity index is 666. The third-order valence-corrected chi connectivity index (χ3v) is 4.00. The summed E-state index contributed by atoms with van der Waals surface area (Å²) in [6.45, 7) is 1.05. The first kappa shape index (κ1) is 11.7. The zero-order chi connectivity index (χ0) is 12.7. The number of hydrogen-bond acceptors (Lipinski definition) is 3. The van der Waals surface area contributed by atoms with Gasteiger partial charge in [-0.3, -0.25) is 4.79 Å². The van der Waals surface area contributed by atoms with Crippen LogP contribution in [0.1, 0.15) is 5.56 Å². The van der Waals surface area contributed by atoms with Gasteiger partial charge in [-0.15, -0.1) is 0 Å². The summed E-state index contributed by atoms with van der Waals surface area (Å²) in [5.74, 6) is 0.637. The Balaban J connectivity index is 2.08. The fourth-order valence-electron chi connectivity index (χ4n) is 2.24. The lowest BCUT2D eigenvalue weighted by Crippen LogP contribution is -2.12. The number of anilines is 1. The molecule has 1 aliphatic rings. The number of halogens is 1. The minimum Gasteiger partial charge on any atom is -0.374 e. The predicted octanol–water partition coefficient (Wildman–Crippen LogP) is 2.03. The average molecular weight is 353 g/mol. The number of nitrogens with zero attached hydrogens (tertiary/aromatic N) is 2. The summed E-state index contributed by atoms with van der Waals surface area (Å²) in [7, 11) is 2.09. The smallest absolute Gasteiger partial charge is 0.264 e. The molecule has 0 spiro atoms. The van der Waals surface area contributed by atoms with Crippen LogP contribution in [0, 0.1) is 3.57 Å². The van der Waals surface area contributed by atoms with Crippen LogP contribution >= 0.6 is 22.6 Å². The largest absolute Gasteiger partial charge is 0.374 e. The second kappa shape index (κ2) is 4.38. The molecule has 1 N–H and O–H groups in total. The minimum absolute atomic E-state index is 0.0850. The van der Waals surface area contributed by atoms with Gasteiger partial charge in [-0.25, -0.2) is 4.98 Å². The van der Waals surface area contributed by atoms with Crippen molar-refractivity contribution in [3.05, 3.63) is 43.9 Å². The summed E-state index contributed by atoms with van der Waals surface area (Å²) in [6.07, 6.45) is 2.66. The molecule has 1 aromatic heterocycles. The summed E-state index contributed by atoms with van der Waals surface area (Å²) in [5.41, 5.74) is 3.47. The molecule has 0 fully saturated rings. The van der Waals surface area contributed by atoms with E-state index in [1.807, 2.05) is 28.7 Å². The Morgan fingerprint density at radius 1 is 1.44 bits per heavy atom. The van der Waals surface area contributed by atoms with Gasteiger partial charge in [-0.05, 0) is 52.8 Å². The van der Waals surface area contributed by atoms with Crippen molar-refractivity contribution in [1.82, 2.24) is 9.97 Å². The van der Waals surface area contributed by atoms with Crippen molar-refractivity contribution in [3.63, 3.8) is 0 Å². The van der Waals surface area contributed by atoms with Gasteiger partial charge >= 0.3 is 0 Å². The van der Waals surface area contributed by atoms with Crippen molar-refractivity contribution in [3.8, 4) is 11.4 Å². The molecule has 0 saturated heterocycles. The minimum atomic E-state index is -0.0850. The number of benzene rings is 1. The van der Waals surface area contributed by atoms with Crippen LogP contribution in [0.4, 0.5) is 5.69 Å². The number of hydrogen-bond donors (Lipinski definition) is 1. The average Bonchev–Trinajstić information content (AvgIpc) is 2.74. The van der Waals surface area contributed by atoms with Crippen LogP contribution in [-0.2, 0) is 6.42 Å². The van der Waals surface area contributed by atoms with E-state index < -0.39 is 0 Å². The van der Waals surface area contributed by atoms with Crippen LogP contribution in [-0.4, -0.2) is 23.6 Å². The number of rotatable bonds is 1. The van der Waals surface area contributed by atoms with Crippen molar-refractivity contribution in [2.45, 2.75) is 6.42 Å². The number of H-pyrrole nitrogens is 1. The molecule has 2 aromatic rings. The zero-order valence-electron chi connectivity index (χ0n) is 9.90. The fourth-order valence-corrected chi connectivity index (χ4v) is 2.51. The molecule has 4 nitrogen and oxygen atoms in total. The first-order valence-electron chi connectivity index (χ1n) is 5.74. The highest BCUT2D eigenvalue weighted by atomic mass is 127. The molecule has 1 aliphatic heterocycles. The Labute approximate surface area is 118 Å². The quantitative estimate of drug-likeness (QED) is 0.799. The molecular formula is C13H12IN3O. The topological polar surface area (TPSA) is 49.0 Å². The third-order valence-electron chi connectivity index (χ3n) is 3.24. The molecule has 92 valence electrons. The van der Waals surface area contributed by atoms with Crippen molar-refractivity contribution < 1.29 is 0 Å². The fraction of sp³-hybridized carbons (Fsp3) is 0.231. The van der Waals surface area contributed by atoms with Crippen LogP contribution in [0.25, 0.3) is 11.4 Å². The standard InChI is InChI=1S/C13H12IN3O/c1-17-5-4-8-6-9(2-3-11(8)17)12-15-7-10(14)13(18)16-12/h2-3,6-7H,4-5H2,1H3,(H,15,16,18). The second-order valence-corrected chi connectivity index (χ2v) is 5.59. The van der Waals surface area contributed by atoms with E-state index in [1.165, 1.54) is 11.3 Å². The summed E-state index contributed by atoms with van der Waals surface area (Å²) in [6, 6.07) is 6.21. The van der Waals surface area contributed by atoms with E-state index in [9.17, 15) is 4.79 Å². The van der Waals surface area contributed by atoms with Gasteiger partial charge in [0.2, 0.25) is 0 Å². The summed E-state index contributed by atoms with van der Waals surface area (Å²) < 4.78 is 0.609. The van der Waals surface area contributed by atoms with Gasteiger partial charge in [0.1, 0.15) is 5.82 Å². The molecule has 18 heavy (non-hydrogen) atoms. The van der Waals surface area contributed by atoms with Gasteiger partial charge in [0.15, 0.2) is 0 Å². The van der Waals surface area contributed by atoms with Gasteiger partial charge in [0.25, 0.3) is 5.56 Å². The maximum Gasteiger partial charge on any atom is 0.264 e. The van der Waals surface area contributed by atoms with Crippen molar-refractivity contribution in [2.24, 2.45) is 0 Å². The first-order chi connectivity index (χ1) is 8.65. The first-order valence-corrected chi connectivity index (χ1v) is 6.82. The Morgan fingerprint density at radius 3 is 3.06 bits per heavy atom. The maximum absolute atomic E-state index is 11.6. The van der Waals surface area contributed by atoms with E-state index in [0.717, 1.165) is 18.5 Å². The van der Waals surface area contributed by atoms with Gasteiger partial charge in [0, 0.05) is 31.0 Å². The van der Waals surface area contributed by atoms with Crippen molar-refractivity contribution in [2.75, 3.05) is 18.5 Å². The molecule has 0 radical (unpaired) electrons. The van der Waals surface area contributed by atoms with E-state index >= 15 is 0 Å². The lowest BCUT2D eigenvalue weighted by Gasteiger charge is -2.11. The molecular weight excluding hydrogens is 341 g/mol. The highest BCUT2D eigenvalue weighted by molar-refractivity contribution is 14.1. The number of likely N-dealkylation sites (N-methyl/N-ethyl adjacent to an activating group) is 1. The number of nitrogens with one attached hydrogen (secondary N) is 1. The Kier molecular flexibility index (Phi) is 2.85. The molecule has 1 aromatic carbocycles. The molecule has 5 heteroatoms. The maximum atomic E-state index is 11.6. The molecule has 2 heterocycles. The van der Waals surface area contributed by atoms with E-state index in [4.69, 9.17) is 0 Å². The zero-order valence-corrected chi connectivity index (χ0v) is 12.1. The SMILES string of the molecule is CN1CCc2cc(-c3ncc(I)c(=O)[nH]3)ccc21. The highest BCUT2D eigenvalue weighted by Gasteiger charge is 2.16. The summed E-state index contributed by atoms with van der Waals surface area (Å²) in [5, 5.41) is 0. The normalized spacial score (nSPS) is 13.8. The Morgan fingerprint density at radius 2 is 2.28 bits per heavy atom. The van der Waals surface area contributed by atoms with Crippen LogP contribution < -0.4 is 10.5 Å². The summed E-state index contributed by atoms with van der Waals surface area (Å²) >= 11 is 1.98. The van der Waals surface area contributed by atoms with Crippen LogP contribution in [0.15, 0.2) is 29.2 Å². The second-order valence-electron chi connectivity index (χ2n) is 4.42. The van der Waals surface area contributed by atoms with E-state index in [-0.39, 0.29) is 5.56 Å². The van der Waals surface area contributed by atoms with Crippen molar-refractivity contribution in [1.29, 1.82) is 0 Å². The molecule has 0 atom stereocenters. The van der Waals surface area contributed by atoms with Gasteiger partial charge in [-0.1, -0.05) is 0 Å². The number of aromatic nitrogens is 2. The van der Waals surface area contributed by atoms with Crippen LogP contribution in [0.3, 0.4) is 0 Å². The lowest BCUT2D eigenvalue weighted by molar-refractivity contribution is 0.956. The highest BCUT2D eigenvalue weighted by Crippen LogP contribution is 2.29. The molecule has 0 saturated carbocycles. The summed E-state index contributed by atoms with van der Waals surface area (Å²) in [4.78, 5) is 20.9. The van der Waals surface area contributed by atoms with Gasteiger partial charge in [-0.2, -0.15) is 0 Å². The Hall–Kier alpha value is -1.37. The van der Waals surface area contributed by atoms with Gasteiger partial charge in [0.05, 0.1) is 3.57 Å². The van der Waals surface area contributed by atoms with Crippen LogP contribution in [0.2, 0.25) is 0 Å². The molecule has 0 unspecified atom stereocenters. The molecule has 0 aliphatic carbocycles. The van der Waals surface area contributed by atoms with Crippen molar-refractivity contribution >= 4 is 28.3 Å². The van der Waals surface area contributed by atoms with Gasteiger partial charge < -0.3 is 9.88 Å². The van der Waals surface area contributed by atoms with E-state index in [2.05, 4.69) is 34.0 Å². The molecule has 0 bridgehead atoms. The number of fused-ring (bicyclic) bond motifs is 1. The third kappa shape index (κ3) is 1.92. The predicted molar refractivity (Wildman–Crippen MR) is 80.0 cm³/mol. The van der Waals surface area contributed by atoms with E-state index in [0.29, 0.717) is 9.39 Å². The monoisotopic (exact) mass is 353 g/mol. The van der Waals surface area contributed by atoms with E-state index in [1.54, 1.807) is 6.20 Å².